The molecule has 0 saturated carbocycles. The largest absolute Gasteiger partial charge is 0.500 e. The van der Waals surface area contributed by atoms with Crippen LogP contribution in [0, 0.1) is 17.0 Å². The minimum absolute atomic E-state index is 0.0125. The average Bonchev–Trinajstić information content (AvgIpc) is 2.49. The zero-order valence-electron chi connectivity index (χ0n) is 11.9. The fourth-order valence-corrected chi connectivity index (χ4v) is 2.03. The molecule has 0 unspecified atom stereocenters. The lowest BCUT2D eigenvalue weighted by Gasteiger charge is -2.05. The standard InChI is InChI=1S/C15H13ClN2O4/c1-9-11(16)4-3-5-12(9)17-8-10-6-13(18(20)21)15(19)14(7-10)22-2/h3-8,19H,1-2H3. The summed E-state index contributed by atoms with van der Waals surface area (Å²) in [5.74, 6) is -0.498. The fraction of sp³-hybridized carbons (Fsp3) is 0.133. The number of hydrogen-bond acceptors (Lipinski definition) is 5. The quantitative estimate of drug-likeness (QED) is 0.523. The maximum absolute atomic E-state index is 10.9. The Kier molecular flexibility index (Phi) is 4.62. The molecule has 0 aliphatic heterocycles. The summed E-state index contributed by atoms with van der Waals surface area (Å²) in [4.78, 5) is 14.5. The van der Waals surface area contributed by atoms with Crippen LogP contribution >= 0.6 is 11.6 Å². The Morgan fingerprint density at radius 1 is 1.41 bits per heavy atom. The van der Waals surface area contributed by atoms with Crippen LogP contribution < -0.4 is 4.74 Å². The molecule has 2 rings (SSSR count). The van der Waals surface area contributed by atoms with Crippen LogP contribution in [-0.2, 0) is 0 Å². The molecule has 7 heteroatoms. The number of aliphatic imine (C=N–C) groups is 1. The molecule has 0 fully saturated rings. The molecular formula is C15H13ClN2O4. The van der Waals surface area contributed by atoms with Gasteiger partial charge in [0.2, 0.25) is 5.75 Å². The van der Waals surface area contributed by atoms with Crippen molar-refractivity contribution < 1.29 is 14.8 Å². The van der Waals surface area contributed by atoms with Gasteiger partial charge in [0.05, 0.1) is 17.7 Å². The van der Waals surface area contributed by atoms with Crippen molar-refractivity contribution in [3.05, 3.63) is 56.6 Å². The topological polar surface area (TPSA) is 85.0 Å². The molecule has 0 aliphatic rings. The number of phenolic OH excluding ortho intramolecular Hbond substituents is 1. The third-order valence-electron chi connectivity index (χ3n) is 3.09. The summed E-state index contributed by atoms with van der Waals surface area (Å²) in [6.07, 6.45) is 1.45. The zero-order chi connectivity index (χ0) is 16.3. The highest BCUT2D eigenvalue weighted by atomic mass is 35.5. The number of hydrogen-bond donors (Lipinski definition) is 1. The number of methoxy groups -OCH3 is 1. The number of benzene rings is 2. The second-order valence-electron chi connectivity index (χ2n) is 4.49. The molecule has 0 aliphatic carbocycles. The Morgan fingerprint density at radius 2 is 2.14 bits per heavy atom. The smallest absolute Gasteiger partial charge is 0.315 e. The Hall–Kier alpha value is -2.60. The third kappa shape index (κ3) is 3.17. The normalized spacial score (nSPS) is 10.9. The van der Waals surface area contributed by atoms with E-state index in [1.807, 2.05) is 6.92 Å². The molecule has 0 saturated heterocycles. The first kappa shape index (κ1) is 15.8. The van der Waals surface area contributed by atoms with E-state index in [2.05, 4.69) is 4.99 Å². The average molecular weight is 321 g/mol. The number of phenols is 1. The van der Waals surface area contributed by atoms with Crippen molar-refractivity contribution in [3.8, 4) is 11.5 Å². The maximum Gasteiger partial charge on any atom is 0.315 e. The lowest BCUT2D eigenvalue weighted by molar-refractivity contribution is -0.386. The highest BCUT2D eigenvalue weighted by Gasteiger charge is 2.19. The van der Waals surface area contributed by atoms with Gasteiger partial charge in [-0.25, -0.2) is 0 Å². The number of rotatable bonds is 4. The van der Waals surface area contributed by atoms with E-state index in [1.165, 1.54) is 25.5 Å². The monoisotopic (exact) mass is 320 g/mol. The summed E-state index contributed by atoms with van der Waals surface area (Å²) >= 11 is 6.01. The molecule has 22 heavy (non-hydrogen) atoms. The first-order chi connectivity index (χ1) is 10.4. The lowest BCUT2D eigenvalue weighted by Crippen LogP contribution is -1.94. The Morgan fingerprint density at radius 3 is 2.77 bits per heavy atom. The van der Waals surface area contributed by atoms with Gasteiger partial charge in [-0.15, -0.1) is 0 Å². The summed E-state index contributed by atoms with van der Waals surface area (Å²) in [5, 5.41) is 21.3. The summed E-state index contributed by atoms with van der Waals surface area (Å²) in [6.45, 7) is 1.83. The molecule has 0 heterocycles. The molecule has 0 amide bonds. The maximum atomic E-state index is 10.9. The predicted octanol–water partition coefficient (Wildman–Crippen LogP) is 4.02. The molecule has 2 aromatic carbocycles. The van der Waals surface area contributed by atoms with E-state index in [-0.39, 0.29) is 5.75 Å². The molecule has 6 nitrogen and oxygen atoms in total. The lowest BCUT2D eigenvalue weighted by atomic mass is 10.1. The Balaban J connectivity index is 2.45. The van der Waals surface area contributed by atoms with Gasteiger partial charge in [0, 0.05) is 22.9 Å². The molecule has 0 radical (unpaired) electrons. The number of ether oxygens (including phenoxy) is 1. The first-order valence-electron chi connectivity index (χ1n) is 6.28. The highest BCUT2D eigenvalue weighted by molar-refractivity contribution is 6.31. The van der Waals surface area contributed by atoms with E-state index >= 15 is 0 Å². The summed E-state index contributed by atoms with van der Waals surface area (Å²) in [7, 11) is 1.32. The molecule has 114 valence electrons. The van der Waals surface area contributed by atoms with Gasteiger partial charge in [-0.05, 0) is 30.7 Å². The van der Waals surface area contributed by atoms with Crippen LogP contribution in [-0.4, -0.2) is 23.4 Å². The van der Waals surface area contributed by atoms with Crippen molar-refractivity contribution >= 4 is 29.2 Å². The number of halogens is 1. The van der Waals surface area contributed by atoms with Gasteiger partial charge in [-0.3, -0.25) is 15.1 Å². The number of nitro benzene ring substituents is 1. The van der Waals surface area contributed by atoms with E-state index in [4.69, 9.17) is 16.3 Å². The summed E-state index contributed by atoms with van der Waals surface area (Å²) in [6, 6.07) is 7.99. The van der Waals surface area contributed by atoms with Crippen LogP contribution in [0.5, 0.6) is 11.5 Å². The van der Waals surface area contributed by atoms with Crippen LogP contribution in [0.1, 0.15) is 11.1 Å². The van der Waals surface area contributed by atoms with E-state index < -0.39 is 16.4 Å². The van der Waals surface area contributed by atoms with Gasteiger partial charge in [-0.1, -0.05) is 17.7 Å². The molecule has 0 spiro atoms. The van der Waals surface area contributed by atoms with E-state index in [9.17, 15) is 15.2 Å². The number of aromatic hydroxyl groups is 1. The van der Waals surface area contributed by atoms with E-state index in [0.717, 1.165) is 5.56 Å². The van der Waals surface area contributed by atoms with Gasteiger partial charge in [-0.2, -0.15) is 0 Å². The van der Waals surface area contributed by atoms with Crippen molar-refractivity contribution in [2.45, 2.75) is 6.92 Å². The number of nitrogens with zero attached hydrogens (tertiary/aromatic N) is 2. The highest BCUT2D eigenvalue weighted by Crippen LogP contribution is 2.36. The third-order valence-corrected chi connectivity index (χ3v) is 3.50. The van der Waals surface area contributed by atoms with Crippen molar-refractivity contribution in [3.63, 3.8) is 0 Å². The Bertz CT molecular complexity index is 759. The van der Waals surface area contributed by atoms with Crippen LogP contribution in [0.2, 0.25) is 5.02 Å². The minimum atomic E-state index is -0.681. The van der Waals surface area contributed by atoms with E-state index in [0.29, 0.717) is 16.3 Å². The van der Waals surface area contributed by atoms with Crippen molar-refractivity contribution in [2.75, 3.05) is 7.11 Å². The summed E-state index contributed by atoms with van der Waals surface area (Å²) in [5.41, 5.74) is 1.45. The second kappa shape index (κ2) is 6.44. The van der Waals surface area contributed by atoms with Gasteiger partial charge in [0.15, 0.2) is 5.75 Å². The SMILES string of the molecule is COc1cc(C=Nc2cccc(Cl)c2C)cc([N+](=O)[O-])c1O. The molecule has 0 aromatic heterocycles. The van der Waals surface area contributed by atoms with Gasteiger partial charge < -0.3 is 9.84 Å². The summed E-state index contributed by atoms with van der Waals surface area (Å²) < 4.78 is 4.93. The van der Waals surface area contributed by atoms with Crippen LogP contribution in [0.15, 0.2) is 35.3 Å². The van der Waals surface area contributed by atoms with Crippen LogP contribution in [0.3, 0.4) is 0 Å². The van der Waals surface area contributed by atoms with Gasteiger partial charge in [0.1, 0.15) is 0 Å². The van der Waals surface area contributed by atoms with Gasteiger partial charge in [0.25, 0.3) is 0 Å². The van der Waals surface area contributed by atoms with Crippen molar-refractivity contribution in [1.29, 1.82) is 0 Å². The van der Waals surface area contributed by atoms with E-state index in [1.54, 1.807) is 18.2 Å². The molecule has 1 N–H and O–H groups in total. The number of nitro groups is 1. The van der Waals surface area contributed by atoms with Crippen molar-refractivity contribution in [2.24, 2.45) is 4.99 Å². The minimum Gasteiger partial charge on any atom is -0.500 e. The predicted molar refractivity (Wildman–Crippen MR) is 84.8 cm³/mol. The first-order valence-corrected chi connectivity index (χ1v) is 6.66. The second-order valence-corrected chi connectivity index (χ2v) is 4.90. The molecular weight excluding hydrogens is 308 g/mol. The Labute approximate surface area is 131 Å². The molecule has 0 bridgehead atoms. The zero-order valence-corrected chi connectivity index (χ0v) is 12.7. The molecule has 0 atom stereocenters. The molecule has 2 aromatic rings. The van der Waals surface area contributed by atoms with Crippen molar-refractivity contribution in [1.82, 2.24) is 0 Å². The van der Waals surface area contributed by atoms with Crippen LogP contribution in [0.25, 0.3) is 0 Å². The van der Waals surface area contributed by atoms with Crippen LogP contribution in [0.4, 0.5) is 11.4 Å². The van der Waals surface area contributed by atoms with Gasteiger partial charge >= 0.3 is 5.69 Å². The fourth-order valence-electron chi connectivity index (χ4n) is 1.86.